The van der Waals surface area contributed by atoms with Gasteiger partial charge in [-0.15, -0.1) is 0 Å². The van der Waals surface area contributed by atoms with Crippen LogP contribution >= 0.6 is 0 Å². The van der Waals surface area contributed by atoms with Crippen molar-refractivity contribution in [2.45, 2.75) is 50.7 Å². The molecule has 2 heterocycles. The van der Waals surface area contributed by atoms with E-state index in [2.05, 4.69) is 11.8 Å². The molecule has 0 saturated carbocycles. The number of alkyl halides is 1. The molecule has 0 N–H and O–H groups in total. The molecule has 2 aliphatic rings. The SMILES string of the molecule is CCCCOC[C@]12CCCN1C[C@@H](F)C2. The van der Waals surface area contributed by atoms with Crippen molar-refractivity contribution in [2.75, 3.05) is 26.3 Å². The molecule has 2 atom stereocenters. The Morgan fingerprint density at radius 1 is 1.53 bits per heavy atom. The highest BCUT2D eigenvalue weighted by Crippen LogP contribution is 2.40. The number of halogens is 1. The molecule has 0 spiro atoms. The Bertz CT molecular complexity index is 212. The highest BCUT2D eigenvalue weighted by atomic mass is 19.1. The second-order valence-electron chi connectivity index (χ2n) is 4.98. The van der Waals surface area contributed by atoms with Crippen molar-refractivity contribution in [3.63, 3.8) is 0 Å². The molecule has 0 radical (unpaired) electrons. The Hall–Kier alpha value is -0.150. The minimum Gasteiger partial charge on any atom is -0.380 e. The van der Waals surface area contributed by atoms with Gasteiger partial charge in [0.15, 0.2) is 0 Å². The highest BCUT2D eigenvalue weighted by Gasteiger charge is 2.48. The fourth-order valence-electron chi connectivity index (χ4n) is 2.96. The number of ether oxygens (including phenoxy) is 1. The maximum absolute atomic E-state index is 13.4. The van der Waals surface area contributed by atoms with Crippen LogP contribution in [0.25, 0.3) is 0 Å². The van der Waals surface area contributed by atoms with E-state index >= 15 is 0 Å². The van der Waals surface area contributed by atoms with Crippen molar-refractivity contribution in [3.8, 4) is 0 Å². The summed E-state index contributed by atoms with van der Waals surface area (Å²) in [5.41, 5.74) is 0.0627. The van der Waals surface area contributed by atoms with Crippen LogP contribution in [0.3, 0.4) is 0 Å². The summed E-state index contributed by atoms with van der Waals surface area (Å²) in [4.78, 5) is 2.31. The standard InChI is InChI=1S/C12H22FNO/c1-2-3-7-15-10-12-5-4-6-14(12)9-11(13)8-12/h11H,2-10H2,1H3/t11-,12+/m0/s1. The lowest BCUT2D eigenvalue weighted by atomic mass is 9.95. The van der Waals surface area contributed by atoms with Gasteiger partial charge in [0.25, 0.3) is 0 Å². The van der Waals surface area contributed by atoms with Crippen LogP contribution in [0.15, 0.2) is 0 Å². The minimum absolute atomic E-state index is 0.0627. The van der Waals surface area contributed by atoms with Crippen LogP contribution in [-0.4, -0.2) is 42.9 Å². The molecule has 0 unspecified atom stereocenters. The molecule has 0 aromatic rings. The summed E-state index contributed by atoms with van der Waals surface area (Å²) in [6, 6.07) is 0. The molecule has 0 aromatic heterocycles. The van der Waals surface area contributed by atoms with E-state index in [0.29, 0.717) is 13.0 Å². The van der Waals surface area contributed by atoms with E-state index < -0.39 is 6.17 Å². The number of rotatable bonds is 5. The molecular weight excluding hydrogens is 193 g/mol. The third-order valence-electron chi connectivity index (χ3n) is 3.77. The normalized spacial score (nSPS) is 36.0. The summed E-state index contributed by atoms with van der Waals surface area (Å²) in [5, 5.41) is 0. The smallest absolute Gasteiger partial charge is 0.115 e. The monoisotopic (exact) mass is 215 g/mol. The third-order valence-corrected chi connectivity index (χ3v) is 3.77. The predicted molar refractivity (Wildman–Crippen MR) is 58.8 cm³/mol. The van der Waals surface area contributed by atoms with Gasteiger partial charge in [-0.3, -0.25) is 4.90 Å². The first-order chi connectivity index (χ1) is 7.27. The maximum Gasteiger partial charge on any atom is 0.115 e. The summed E-state index contributed by atoms with van der Waals surface area (Å²) >= 11 is 0. The zero-order chi connectivity index (χ0) is 10.7. The topological polar surface area (TPSA) is 12.5 Å². The molecule has 2 nitrogen and oxygen atoms in total. The molecule has 88 valence electrons. The van der Waals surface area contributed by atoms with Gasteiger partial charge in [0, 0.05) is 25.1 Å². The van der Waals surface area contributed by atoms with Crippen LogP contribution in [0.1, 0.15) is 39.0 Å². The number of hydrogen-bond acceptors (Lipinski definition) is 2. The van der Waals surface area contributed by atoms with E-state index in [1.165, 1.54) is 12.8 Å². The number of nitrogens with zero attached hydrogens (tertiary/aromatic N) is 1. The van der Waals surface area contributed by atoms with Crippen molar-refractivity contribution in [1.29, 1.82) is 0 Å². The van der Waals surface area contributed by atoms with Gasteiger partial charge >= 0.3 is 0 Å². The predicted octanol–water partition coefficient (Wildman–Crippen LogP) is 2.38. The number of unbranched alkanes of at least 4 members (excludes halogenated alkanes) is 1. The van der Waals surface area contributed by atoms with E-state index in [4.69, 9.17) is 4.74 Å². The van der Waals surface area contributed by atoms with Gasteiger partial charge in [0.05, 0.1) is 6.61 Å². The van der Waals surface area contributed by atoms with Crippen molar-refractivity contribution in [2.24, 2.45) is 0 Å². The second kappa shape index (κ2) is 4.79. The molecule has 2 aliphatic heterocycles. The fraction of sp³-hybridized carbons (Fsp3) is 1.00. The van der Waals surface area contributed by atoms with Crippen LogP contribution in [0.5, 0.6) is 0 Å². The highest BCUT2D eigenvalue weighted by molar-refractivity contribution is 5.03. The van der Waals surface area contributed by atoms with Gasteiger partial charge in [-0.25, -0.2) is 4.39 Å². The third kappa shape index (κ3) is 2.34. The Kier molecular flexibility index (Phi) is 3.62. The lowest BCUT2D eigenvalue weighted by Gasteiger charge is -2.31. The first-order valence-electron chi connectivity index (χ1n) is 6.24. The Balaban J connectivity index is 1.82. The summed E-state index contributed by atoms with van der Waals surface area (Å²) in [5.74, 6) is 0. The van der Waals surface area contributed by atoms with Crippen molar-refractivity contribution < 1.29 is 9.13 Å². The van der Waals surface area contributed by atoms with Crippen LogP contribution in [0.4, 0.5) is 4.39 Å². The van der Waals surface area contributed by atoms with Crippen molar-refractivity contribution >= 4 is 0 Å². The molecule has 2 fully saturated rings. The Morgan fingerprint density at radius 3 is 3.20 bits per heavy atom. The average molecular weight is 215 g/mol. The summed E-state index contributed by atoms with van der Waals surface area (Å²) in [6.07, 6.45) is 4.69. The Labute approximate surface area is 91.8 Å². The van der Waals surface area contributed by atoms with Crippen LogP contribution in [0.2, 0.25) is 0 Å². The van der Waals surface area contributed by atoms with Crippen molar-refractivity contribution in [3.05, 3.63) is 0 Å². The van der Waals surface area contributed by atoms with Gasteiger partial charge in [0.2, 0.25) is 0 Å². The molecular formula is C12H22FNO. The first-order valence-corrected chi connectivity index (χ1v) is 6.24. The molecule has 0 aliphatic carbocycles. The number of hydrogen-bond donors (Lipinski definition) is 0. The lowest BCUT2D eigenvalue weighted by Crippen LogP contribution is -2.42. The minimum atomic E-state index is -0.625. The van der Waals surface area contributed by atoms with E-state index in [9.17, 15) is 4.39 Å². The van der Waals surface area contributed by atoms with Crippen molar-refractivity contribution in [1.82, 2.24) is 4.90 Å². The molecule has 3 heteroatoms. The summed E-state index contributed by atoms with van der Waals surface area (Å²) in [7, 11) is 0. The van der Waals surface area contributed by atoms with Gasteiger partial charge in [-0.05, 0) is 25.8 Å². The van der Waals surface area contributed by atoms with Gasteiger partial charge in [-0.2, -0.15) is 0 Å². The fourth-order valence-corrected chi connectivity index (χ4v) is 2.96. The Morgan fingerprint density at radius 2 is 2.40 bits per heavy atom. The summed E-state index contributed by atoms with van der Waals surface area (Å²) in [6.45, 7) is 5.45. The molecule has 0 bridgehead atoms. The zero-order valence-electron chi connectivity index (χ0n) is 9.67. The van der Waals surface area contributed by atoms with Crippen LogP contribution in [0, 0.1) is 0 Å². The molecule has 2 saturated heterocycles. The number of fused-ring (bicyclic) bond motifs is 1. The maximum atomic E-state index is 13.4. The lowest BCUT2D eigenvalue weighted by molar-refractivity contribution is 0.0339. The first kappa shape index (κ1) is 11.3. The van der Waals surface area contributed by atoms with Gasteiger partial charge < -0.3 is 4.74 Å². The van der Waals surface area contributed by atoms with Gasteiger partial charge in [-0.1, -0.05) is 13.3 Å². The van der Waals surface area contributed by atoms with Crippen LogP contribution < -0.4 is 0 Å². The zero-order valence-corrected chi connectivity index (χ0v) is 9.67. The molecule has 15 heavy (non-hydrogen) atoms. The molecule has 0 aromatic carbocycles. The molecule has 0 amide bonds. The van der Waals surface area contributed by atoms with E-state index in [-0.39, 0.29) is 5.54 Å². The van der Waals surface area contributed by atoms with E-state index in [1.54, 1.807) is 0 Å². The average Bonchev–Trinajstić information content (AvgIpc) is 2.68. The van der Waals surface area contributed by atoms with E-state index in [1.807, 2.05) is 0 Å². The van der Waals surface area contributed by atoms with E-state index in [0.717, 1.165) is 32.6 Å². The van der Waals surface area contributed by atoms with Gasteiger partial charge in [0.1, 0.15) is 6.17 Å². The quantitative estimate of drug-likeness (QED) is 0.653. The second-order valence-corrected chi connectivity index (χ2v) is 4.98. The van der Waals surface area contributed by atoms with Crippen LogP contribution in [-0.2, 0) is 4.74 Å². The molecule has 2 rings (SSSR count). The largest absolute Gasteiger partial charge is 0.380 e. The summed E-state index contributed by atoms with van der Waals surface area (Å²) < 4.78 is 19.1.